The summed E-state index contributed by atoms with van der Waals surface area (Å²) >= 11 is 0. The number of carboxylic acids is 1. The molecule has 0 aromatic carbocycles. The van der Waals surface area contributed by atoms with Crippen LogP contribution in [0.25, 0.3) is 5.69 Å². The van der Waals surface area contributed by atoms with Crippen LogP contribution in [0.1, 0.15) is 16.1 Å². The maximum atomic E-state index is 11.8. The van der Waals surface area contributed by atoms with Crippen molar-refractivity contribution in [1.29, 1.82) is 0 Å². The first-order valence-electron chi connectivity index (χ1n) is 5.11. The summed E-state index contributed by atoms with van der Waals surface area (Å²) in [6.45, 7) is 1.74. The van der Waals surface area contributed by atoms with Crippen molar-refractivity contribution in [2.24, 2.45) is 0 Å². The molecule has 0 atom stereocenters. The van der Waals surface area contributed by atoms with E-state index in [-0.39, 0.29) is 11.4 Å². The summed E-state index contributed by atoms with van der Waals surface area (Å²) in [5.74, 6) is -1.68. The van der Waals surface area contributed by atoms with Gasteiger partial charge in [0.15, 0.2) is 0 Å². The molecule has 2 rings (SSSR count). The van der Waals surface area contributed by atoms with Gasteiger partial charge in [-0.25, -0.2) is 4.79 Å². The first kappa shape index (κ1) is 11.8. The second-order valence-electron chi connectivity index (χ2n) is 3.74. The lowest BCUT2D eigenvalue weighted by atomic mass is 10.2. The highest BCUT2D eigenvalue weighted by Gasteiger charge is 2.15. The number of carbonyl (C=O) groups is 1. The molecule has 0 radical (unpaired) electrons. The van der Waals surface area contributed by atoms with E-state index in [1.165, 1.54) is 6.20 Å². The predicted octanol–water partition coefficient (Wildman–Crippen LogP) is 0.945. The van der Waals surface area contributed by atoms with E-state index in [2.05, 4.69) is 4.98 Å². The maximum Gasteiger partial charge on any atom is 0.353 e. The lowest BCUT2D eigenvalue weighted by Crippen LogP contribution is -2.24. The molecule has 0 saturated heterocycles. The van der Waals surface area contributed by atoms with Gasteiger partial charge in [0, 0.05) is 18.3 Å². The third-order valence-corrected chi connectivity index (χ3v) is 2.49. The van der Waals surface area contributed by atoms with E-state index in [0.29, 0.717) is 11.3 Å². The molecule has 0 bridgehead atoms. The molecule has 2 aromatic rings. The highest BCUT2D eigenvalue weighted by Crippen LogP contribution is 2.15. The Balaban J connectivity index is 2.83. The highest BCUT2D eigenvalue weighted by molar-refractivity contribution is 5.87. The van der Waals surface area contributed by atoms with E-state index in [4.69, 9.17) is 5.11 Å². The number of aromatic nitrogens is 2. The number of hydrogen-bond donors (Lipinski definition) is 2. The van der Waals surface area contributed by atoms with Gasteiger partial charge in [0.2, 0.25) is 0 Å². The van der Waals surface area contributed by atoms with Crippen LogP contribution in [0, 0.1) is 6.92 Å². The minimum atomic E-state index is -1.30. The molecule has 0 aliphatic heterocycles. The lowest BCUT2D eigenvalue weighted by molar-refractivity contribution is 0.0686. The number of aromatic carboxylic acids is 1. The van der Waals surface area contributed by atoms with Crippen molar-refractivity contribution in [3.05, 3.63) is 52.2 Å². The topological polar surface area (TPSA) is 92.4 Å². The van der Waals surface area contributed by atoms with Gasteiger partial charge in [0.1, 0.15) is 11.4 Å². The van der Waals surface area contributed by atoms with Crippen LogP contribution in [0.4, 0.5) is 0 Å². The highest BCUT2D eigenvalue weighted by atomic mass is 16.4. The normalized spacial score (nSPS) is 10.3. The van der Waals surface area contributed by atoms with Crippen molar-refractivity contribution in [1.82, 2.24) is 9.55 Å². The van der Waals surface area contributed by atoms with Gasteiger partial charge in [0.25, 0.3) is 5.56 Å². The van der Waals surface area contributed by atoms with Crippen LogP contribution in [-0.4, -0.2) is 25.7 Å². The monoisotopic (exact) mass is 246 g/mol. The van der Waals surface area contributed by atoms with Crippen LogP contribution in [0.15, 0.2) is 35.4 Å². The lowest BCUT2D eigenvalue weighted by Gasteiger charge is -2.11. The van der Waals surface area contributed by atoms with E-state index < -0.39 is 11.5 Å². The second-order valence-corrected chi connectivity index (χ2v) is 3.74. The number of hydrogen-bond acceptors (Lipinski definition) is 4. The molecule has 0 saturated carbocycles. The van der Waals surface area contributed by atoms with Crippen LogP contribution in [0.3, 0.4) is 0 Å². The van der Waals surface area contributed by atoms with Crippen LogP contribution >= 0.6 is 0 Å². The minimum absolute atomic E-state index is 0.309. The average Bonchev–Trinajstić information content (AvgIpc) is 2.29. The molecule has 0 unspecified atom stereocenters. The zero-order valence-electron chi connectivity index (χ0n) is 9.49. The van der Waals surface area contributed by atoms with Crippen LogP contribution in [0.2, 0.25) is 0 Å². The molecule has 6 nitrogen and oxygen atoms in total. The number of pyridine rings is 2. The Morgan fingerprint density at radius 2 is 2.11 bits per heavy atom. The SMILES string of the molecule is Cc1ccncc1-n1c(C(=O)O)cc(O)cc1=O. The van der Waals surface area contributed by atoms with Gasteiger partial charge in [-0.15, -0.1) is 0 Å². The van der Waals surface area contributed by atoms with Crippen LogP contribution in [0.5, 0.6) is 5.75 Å². The van der Waals surface area contributed by atoms with Gasteiger partial charge in [0.05, 0.1) is 11.9 Å². The number of nitrogens with zero attached hydrogens (tertiary/aromatic N) is 2. The van der Waals surface area contributed by atoms with Crippen molar-refractivity contribution >= 4 is 5.97 Å². The number of aryl methyl sites for hydroxylation is 1. The molecule has 92 valence electrons. The molecule has 0 amide bonds. The molecule has 18 heavy (non-hydrogen) atoms. The van der Waals surface area contributed by atoms with Gasteiger partial charge in [-0.3, -0.25) is 14.3 Å². The van der Waals surface area contributed by atoms with E-state index in [9.17, 15) is 14.7 Å². The summed E-state index contributed by atoms with van der Waals surface area (Å²) in [6.07, 6.45) is 2.95. The molecular weight excluding hydrogens is 236 g/mol. The van der Waals surface area contributed by atoms with E-state index >= 15 is 0 Å². The Bertz CT molecular complexity index is 676. The first-order valence-corrected chi connectivity index (χ1v) is 5.11. The quantitative estimate of drug-likeness (QED) is 0.822. The number of carboxylic acid groups (broad SMARTS) is 1. The molecular formula is C12H10N2O4. The Morgan fingerprint density at radius 3 is 2.72 bits per heavy atom. The smallest absolute Gasteiger partial charge is 0.353 e. The van der Waals surface area contributed by atoms with Crippen molar-refractivity contribution < 1.29 is 15.0 Å². The summed E-state index contributed by atoms with van der Waals surface area (Å²) in [5.41, 5.74) is 0.153. The van der Waals surface area contributed by atoms with Crippen molar-refractivity contribution in [2.75, 3.05) is 0 Å². The summed E-state index contributed by atoms with van der Waals surface area (Å²) in [5, 5.41) is 18.4. The fourth-order valence-electron chi connectivity index (χ4n) is 1.65. The zero-order chi connectivity index (χ0) is 13.3. The Morgan fingerprint density at radius 1 is 1.39 bits per heavy atom. The fourth-order valence-corrected chi connectivity index (χ4v) is 1.65. The van der Waals surface area contributed by atoms with Crippen molar-refractivity contribution in [2.45, 2.75) is 6.92 Å². The standard InChI is InChI=1S/C12H10N2O4/c1-7-2-3-13-6-10(7)14-9(12(17)18)4-8(15)5-11(14)16/h2-6,15H,1H3,(H,17,18). The van der Waals surface area contributed by atoms with Gasteiger partial charge < -0.3 is 10.2 Å². The summed E-state index contributed by atoms with van der Waals surface area (Å²) < 4.78 is 1.00. The molecule has 0 aliphatic carbocycles. The summed E-state index contributed by atoms with van der Waals surface area (Å²) in [7, 11) is 0. The summed E-state index contributed by atoms with van der Waals surface area (Å²) in [6, 6.07) is 3.65. The third kappa shape index (κ3) is 1.95. The van der Waals surface area contributed by atoms with Crippen molar-refractivity contribution in [3.63, 3.8) is 0 Å². The second kappa shape index (κ2) is 4.33. The average molecular weight is 246 g/mol. The molecule has 6 heteroatoms. The maximum absolute atomic E-state index is 11.8. The zero-order valence-corrected chi connectivity index (χ0v) is 9.49. The Labute approximate surface area is 102 Å². The largest absolute Gasteiger partial charge is 0.508 e. The van der Waals surface area contributed by atoms with Crippen molar-refractivity contribution in [3.8, 4) is 11.4 Å². The third-order valence-electron chi connectivity index (χ3n) is 2.49. The first-order chi connectivity index (χ1) is 8.50. The summed E-state index contributed by atoms with van der Waals surface area (Å²) in [4.78, 5) is 26.8. The molecule has 2 heterocycles. The van der Waals surface area contributed by atoms with E-state index in [1.807, 2.05) is 0 Å². The number of rotatable bonds is 2. The van der Waals surface area contributed by atoms with Gasteiger partial charge >= 0.3 is 5.97 Å². The Hall–Kier alpha value is -2.63. The van der Waals surface area contributed by atoms with Gasteiger partial charge in [-0.2, -0.15) is 0 Å². The molecule has 0 aliphatic rings. The molecule has 2 aromatic heterocycles. The van der Waals surface area contributed by atoms with E-state index in [0.717, 1.165) is 16.7 Å². The predicted molar refractivity (Wildman–Crippen MR) is 63.2 cm³/mol. The van der Waals surface area contributed by atoms with Crippen LogP contribution in [-0.2, 0) is 0 Å². The fraction of sp³-hybridized carbons (Fsp3) is 0.0833. The van der Waals surface area contributed by atoms with E-state index in [1.54, 1.807) is 19.2 Å². The molecule has 0 spiro atoms. The minimum Gasteiger partial charge on any atom is -0.508 e. The number of aromatic hydroxyl groups is 1. The molecule has 0 fully saturated rings. The van der Waals surface area contributed by atoms with Gasteiger partial charge in [-0.1, -0.05) is 0 Å². The van der Waals surface area contributed by atoms with Crippen LogP contribution < -0.4 is 5.56 Å². The van der Waals surface area contributed by atoms with Gasteiger partial charge in [-0.05, 0) is 18.6 Å². The molecule has 2 N–H and O–H groups in total. The Kier molecular flexibility index (Phi) is 2.85.